The Bertz CT molecular complexity index is 946. The summed E-state index contributed by atoms with van der Waals surface area (Å²) in [6.07, 6.45) is 8.31. The molecule has 1 heterocycles. The van der Waals surface area contributed by atoms with Crippen molar-refractivity contribution in [1.82, 2.24) is 0 Å². The highest BCUT2D eigenvalue weighted by Crippen LogP contribution is 2.39. The van der Waals surface area contributed by atoms with Gasteiger partial charge in [-0.3, -0.25) is 9.00 Å². The van der Waals surface area contributed by atoms with Gasteiger partial charge >= 0.3 is 0 Å². The number of hydrogen-bond donors (Lipinski definition) is 1. The molecule has 0 spiro atoms. The van der Waals surface area contributed by atoms with Crippen LogP contribution in [-0.2, 0) is 21.0 Å². The SMILES string of the molecule is CC1(C)C(=O)Nc2ccc(OCCCCS(=O)c3ccc(C4CCCCC4)cc3)cc21. The minimum absolute atomic E-state index is 0.0221. The van der Waals surface area contributed by atoms with Crippen LogP contribution < -0.4 is 10.1 Å². The molecule has 0 aromatic heterocycles. The molecule has 1 fully saturated rings. The Morgan fingerprint density at radius 1 is 1.03 bits per heavy atom. The third kappa shape index (κ3) is 5.03. The molecule has 1 N–H and O–H groups in total. The van der Waals surface area contributed by atoms with E-state index < -0.39 is 16.2 Å². The Morgan fingerprint density at radius 3 is 2.52 bits per heavy atom. The smallest absolute Gasteiger partial charge is 0.234 e. The summed E-state index contributed by atoms with van der Waals surface area (Å²) in [5.74, 6) is 2.14. The molecular weight excluding hydrogens is 406 g/mol. The second-order valence-corrected chi connectivity index (χ2v) is 10.9. The number of carbonyl (C=O) groups is 1. The van der Waals surface area contributed by atoms with Crippen molar-refractivity contribution in [1.29, 1.82) is 0 Å². The lowest BCUT2D eigenvalue weighted by atomic mass is 9.84. The minimum Gasteiger partial charge on any atom is -0.494 e. The van der Waals surface area contributed by atoms with Gasteiger partial charge in [-0.15, -0.1) is 0 Å². The highest BCUT2D eigenvalue weighted by atomic mass is 32.2. The van der Waals surface area contributed by atoms with Crippen molar-refractivity contribution in [3.05, 3.63) is 53.6 Å². The molecule has 4 nitrogen and oxygen atoms in total. The van der Waals surface area contributed by atoms with Gasteiger partial charge in [-0.1, -0.05) is 31.4 Å². The van der Waals surface area contributed by atoms with Crippen LogP contribution in [0.25, 0.3) is 0 Å². The van der Waals surface area contributed by atoms with E-state index in [1.54, 1.807) is 0 Å². The number of ether oxygens (including phenoxy) is 1. The lowest BCUT2D eigenvalue weighted by molar-refractivity contribution is -0.119. The van der Waals surface area contributed by atoms with Crippen LogP contribution in [0.2, 0.25) is 0 Å². The summed E-state index contributed by atoms with van der Waals surface area (Å²) in [6, 6.07) is 14.2. The first kappa shape index (κ1) is 22.1. The first-order valence-electron chi connectivity index (χ1n) is 11.5. The third-order valence-corrected chi connectivity index (χ3v) is 8.15. The normalized spacial score (nSPS) is 19.0. The van der Waals surface area contributed by atoms with Gasteiger partial charge in [-0.2, -0.15) is 0 Å². The molecular formula is C26H33NO3S. The molecule has 0 bridgehead atoms. The van der Waals surface area contributed by atoms with Crippen molar-refractivity contribution in [2.45, 2.75) is 75.0 Å². The van der Waals surface area contributed by atoms with Crippen LogP contribution in [0.15, 0.2) is 47.4 Å². The lowest BCUT2D eigenvalue weighted by Crippen LogP contribution is -2.26. The molecule has 2 aromatic rings. The minimum atomic E-state index is -0.960. The number of rotatable bonds is 8. The second kappa shape index (κ2) is 9.56. The van der Waals surface area contributed by atoms with E-state index in [1.807, 2.05) is 32.0 Å². The zero-order valence-corrected chi connectivity index (χ0v) is 19.4. The fourth-order valence-corrected chi connectivity index (χ4v) is 5.75. The van der Waals surface area contributed by atoms with E-state index in [0.29, 0.717) is 18.3 Å². The lowest BCUT2D eigenvalue weighted by Gasteiger charge is -2.22. The summed E-state index contributed by atoms with van der Waals surface area (Å²) in [4.78, 5) is 13.0. The van der Waals surface area contributed by atoms with Gasteiger partial charge in [-0.25, -0.2) is 0 Å². The maximum Gasteiger partial charge on any atom is 0.234 e. The van der Waals surface area contributed by atoms with Crippen LogP contribution in [0, 0.1) is 0 Å². The Labute approximate surface area is 188 Å². The van der Waals surface area contributed by atoms with E-state index in [2.05, 4.69) is 29.6 Å². The van der Waals surface area contributed by atoms with Crippen LogP contribution >= 0.6 is 0 Å². The Morgan fingerprint density at radius 2 is 1.77 bits per heavy atom. The molecule has 5 heteroatoms. The Kier molecular flexibility index (Phi) is 6.80. The van der Waals surface area contributed by atoms with Crippen molar-refractivity contribution >= 4 is 22.4 Å². The maximum absolute atomic E-state index is 12.6. The molecule has 1 atom stereocenters. The van der Waals surface area contributed by atoms with Crippen LogP contribution in [0.5, 0.6) is 5.75 Å². The molecule has 1 amide bonds. The molecule has 2 aromatic carbocycles. The predicted octanol–water partition coefficient (Wildman–Crippen LogP) is 5.93. The van der Waals surface area contributed by atoms with Crippen LogP contribution in [-0.4, -0.2) is 22.5 Å². The molecule has 4 rings (SSSR count). The van der Waals surface area contributed by atoms with E-state index in [4.69, 9.17) is 4.74 Å². The zero-order valence-electron chi connectivity index (χ0n) is 18.6. The summed E-state index contributed by atoms with van der Waals surface area (Å²) in [6.45, 7) is 4.43. The summed E-state index contributed by atoms with van der Waals surface area (Å²) in [5.41, 5.74) is 2.72. The summed E-state index contributed by atoms with van der Waals surface area (Å²) in [5, 5.41) is 2.91. The fourth-order valence-electron chi connectivity index (χ4n) is 4.61. The molecule has 0 saturated heterocycles. The quantitative estimate of drug-likeness (QED) is 0.519. The van der Waals surface area contributed by atoms with Gasteiger partial charge in [0.05, 0.1) is 22.8 Å². The van der Waals surface area contributed by atoms with E-state index in [0.717, 1.165) is 34.7 Å². The van der Waals surface area contributed by atoms with Crippen molar-refractivity contribution in [3.8, 4) is 5.75 Å². The largest absolute Gasteiger partial charge is 0.494 e. The fraction of sp³-hybridized carbons (Fsp3) is 0.500. The van der Waals surface area contributed by atoms with Crippen LogP contribution in [0.3, 0.4) is 0 Å². The first-order valence-corrected chi connectivity index (χ1v) is 12.8. The number of unbranched alkanes of at least 4 members (excludes halogenated alkanes) is 1. The van der Waals surface area contributed by atoms with Crippen molar-refractivity contribution in [3.63, 3.8) is 0 Å². The number of amides is 1. The van der Waals surface area contributed by atoms with Gasteiger partial charge in [0.1, 0.15) is 5.75 Å². The summed E-state index contributed by atoms with van der Waals surface area (Å²) < 4.78 is 18.5. The highest BCUT2D eigenvalue weighted by Gasteiger charge is 2.38. The van der Waals surface area contributed by atoms with Gasteiger partial charge in [0.2, 0.25) is 5.91 Å². The van der Waals surface area contributed by atoms with E-state index in [9.17, 15) is 9.00 Å². The second-order valence-electron chi connectivity index (χ2n) is 9.30. The monoisotopic (exact) mass is 439 g/mol. The number of hydrogen-bond acceptors (Lipinski definition) is 3. The standard InChI is InChI=1S/C26H33NO3S/c1-26(2)23-18-21(12-15-24(23)27-25(26)28)30-16-6-7-17-31(29)22-13-10-20(11-14-22)19-8-4-3-5-9-19/h10-15,18-19H,3-9,16-17H2,1-2H3,(H,27,28). The summed E-state index contributed by atoms with van der Waals surface area (Å²) in [7, 11) is -0.960. The average Bonchev–Trinajstić information content (AvgIpc) is 3.02. The molecule has 31 heavy (non-hydrogen) atoms. The van der Waals surface area contributed by atoms with Gasteiger partial charge in [0.15, 0.2) is 0 Å². The number of carbonyl (C=O) groups excluding carboxylic acids is 1. The topological polar surface area (TPSA) is 55.4 Å². The van der Waals surface area contributed by atoms with E-state index in [-0.39, 0.29) is 5.91 Å². The van der Waals surface area contributed by atoms with Crippen molar-refractivity contribution in [2.24, 2.45) is 0 Å². The van der Waals surface area contributed by atoms with Crippen LogP contribution in [0.1, 0.15) is 75.8 Å². The van der Waals surface area contributed by atoms with Crippen molar-refractivity contribution < 1.29 is 13.7 Å². The molecule has 1 aliphatic heterocycles. The highest BCUT2D eigenvalue weighted by molar-refractivity contribution is 7.85. The predicted molar refractivity (Wildman–Crippen MR) is 126 cm³/mol. The number of anilines is 1. The van der Waals surface area contributed by atoms with E-state index >= 15 is 0 Å². The number of fused-ring (bicyclic) bond motifs is 1. The number of benzene rings is 2. The summed E-state index contributed by atoms with van der Waals surface area (Å²) >= 11 is 0. The zero-order chi connectivity index (χ0) is 21.8. The van der Waals surface area contributed by atoms with E-state index in [1.165, 1.54) is 37.7 Å². The van der Waals surface area contributed by atoms with Gasteiger partial charge in [0, 0.05) is 16.3 Å². The molecule has 2 aliphatic rings. The average molecular weight is 440 g/mol. The molecule has 1 unspecified atom stereocenters. The Hall–Kier alpha value is -2.14. The molecule has 166 valence electrons. The van der Waals surface area contributed by atoms with Gasteiger partial charge in [-0.05, 0) is 86.9 Å². The van der Waals surface area contributed by atoms with Crippen molar-refractivity contribution in [2.75, 3.05) is 17.7 Å². The van der Waals surface area contributed by atoms with Gasteiger partial charge < -0.3 is 10.1 Å². The molecule has 1 aliphatic carbocycles. The maximum atomic E-state index is 12.6. The molecule has 1 saturated carbocycles. The number of nitrogens with one attached hydrogen (secondary N) is 1. The van der Waals surface area contributed by atoms with Crippen LogP contribution in [0.4, 0.5) is 5.69 Å². The first-order chi connectivity index (χ1) is 14.9. The Balaban J connectivity index is 1.21. The van der Waals surface area contributed by atoms with Gasteiger partial charge in [0.25, 0.3) is 0 Å². The third-order valence-electron chi connectivity index (χ3n) is 6.69. The molecule has 0 radical (unpaired) electrons.